The van der Waals surface area contributed by atoms with Crippen LogP contribution in [-0.4, -0.2) is 6.08 Å². The Morgan fingerprint density at radius 2 is 1.75 bits per heavy atom. The van der Waals surface area contributed by atoms with Crippen LogP contribution in [0.15, 0.2) is 0 Å². The number of nitrogens with one attached hydrogen (secondary N) is 1. The van der Waals surface area contributed by atoms with Gasteiger partial charge in [-0.05, 0) is 0 Å². The molecule has 0 saturated heterocycles. The third-order valence-corrected chi connectivity index (χ3v) is 0. The van der Waals surface area contributed by atoms with Crippen LogP contribution in [0.25, 0.3) is 0 Å². The van der Waals surface area contributed by atoms with Crippen LogP contribution >= 0.6 is 0 Å². The molecule has 0 unspecified atom stereocenters. The van der Waals surface area contributed by atoms with Crippen molar-refractivity contribution in [2.45, 2.75) is 0 Å². The molecule has 0 spiro atoms. The maximum Gasteiger partial charge on any atom is 0.231 e. The van der Waals surface area contributed by atoms with E-state index < -0.39 is 0 Å². The number of carbonyl (C=O) groups excluding carboxylic acids is 1. The van der Waals surface area contributed by atoms with E-state index in [9.17, 15) is 0 Å². The molecule has 0 saturated carbocycles. The van der Waals surface area contributed by atoms with E-state index in [0.29, 0.717) is 0 Å². The van der Waals surface area contributed by atoms with E-state index in [1.54, 1.807) is 0 Å². The molecule has 22 valence electrons. The Kier molecular flexibility index (Phi) is 25.7. The van der Waals surface area contributed by atoms with E-state index in [0.717, 1.165) is 6.08 Å². The Labute approximate surface area is 38.0 Å². The third-order valence-electron chi connectivity index (χ3n) is 0. The van der Waals surface area contributed by atoms with Crippen molar-refractivity contribution in [3.8, 4) is 0 Å². The van der Waals surface area contributed by atoms with Crippen LogP contribution in [0.2, 0.25) is 0 Å². The van der Waals surface area contributed by atoms with Crippen LogP contribution in [-0.2, 0) is 25.9 Å². The van der Waals surface area contributed by atoms with Crippen molar-refractivity contribution in [1.82, 2.24) is 0 Å². The van der Waals surface area contributed by atoms with Crippen LogP contribution in [0.4, 0.5) is 0 Å². The van der Waals surface area contributed by atoms with E-state index in [2.05, 4.69) is 0 Å². The van der Waals surface area contributed by atoms with Gasteiger partial charge in [0.1, 0.15) is 0 Å². The largest absolute Gasteiger partial charge is 0.231 e. The zero-order chi connectivity index (χ0) is 2.71. The summed E-state index contributed by atoms with van der Waals surface area (Å²) in [7, 11) is 0. The van der Waals surface area contributed by atoms with Gasteiger partial charge in [-0.1, -0.05) is 0 Å². The second-order valence-corrected chi connectivity index (χ2v) is 0.102. The smallest absolute Gasteiger partial charge is 0.222 e. The molecule has 3 heteroatoms. The molecule has 0 rings (SSSR count). The molecular weight excluding hydrogens is 138 g/mol. The van der Waals surface area contributed by atoms with Gasteiger partial charge in [-0.2, -0.15) is 0 Å². The van der Waals surface area contributed by atoms with Gasteiger partial charge >= 0.3 is 0 Å². The number of rotatable bonds is 0. The van der Waals surface area contributed by atoms with Gasteiger partial charge in [0.25, 0.3) is 0 Å². The van der Waals surface area contributed by atoms with Gasteiger partial charge in [-0.3, -0.25) is 0 Å². The summed E-state index contributed by atoms with van der Waals surface area (Å²) >= 11 is 0. The number of isocyanates is 1. The Hall–Kier alpha value is 0.0683. The van der Waals surface area contributed by atoms with Gasteiger partial charge in [-0.25, -0.2) is 10.2 Å². The molecule has 0 radical (unpaired) electrons. The fourth-order valence-corrected chi connectivity index (χ4v) is 0. The molecule has 0 aliphatic rings. The van der Waals surface area contributed by atoms with Crippen molar-refractivity contribution in [3.63, 3.8) is 0 Å². The molecule has 0 atom stereocenters. The van der Waals surface area contributed by atoms with Crippen LogP contribution in [0.5, 0.6) is 0 Å². The molecule has 0 aliphatic carbocycles. The summed E-state index contributed by atoms with van der Waals surface area (Å²) in [6.45, 7) is 0. The molecule has 1 N–H and O–H groups in total. The monoisotopic (exact) mass is 141 g/mol. The molecule has 0 bridgehead atoms. The molecule has 0 aromatic rings. The average molecular weight is 139 g/mol. The molecule has 0 aromatic carbocycles. The minimum absolute atomic E-state index is 0. The Morgan fingerprint density at radius 1 is 1.75 bits per heavy atom. The first-order valence-corrected chi connectivity index (χ1v) is 0.454. The number of hydrogen-bond acceptors (Lipinski definition) is 2. The molecule has 0 aliphatic heterocycles. The van der Waals surface area contributed by atoms with Crippen molar-refractivity contribution in [2.24, 2.45) is 0 Å². The summed E-state index contributed by atoms with van der Waals surface area (Å²) in [6.07, 6.45) is 0.750. The van der Waals surface area contributed by atoms with Crippen molar-refractivity contribution in [1.29, 1.82) is 5.41 Å². The summed E-state index contributed by atoms with van der Waals surface area (Å²) in [5.41, 5.74) is 0. The first-order chi connectivity index (χ1) is 1.41. The van der Waals surface area contributed by atoms with Gasteiger partial charge in [0.15, 0.2) is 0 Å². The normalized spacial score (nSPS) is 2.00. The van der Waals surface area contributed by atoms with Gasteiger partial charge in [0.2, 0.25) is 6.08 Å². The molecule has 0 fully saturated rings. The van der Waals surface area contributed by atoms with Gasteiger partial charge in [-0.15, -0.1) is 0 Å². The second-order valence-electron chi connectivity index (χ2n) is 0.102. The topological polar surface area (TPSA) is 40.9 Å². The third kappa shape index (κ3) is 506. The minimum Gasteiger partial charge on any atom is -0.222 e. The van der Waals surface area contributed by atoms with Crippen LogP contribution in [0.3, 0.4) is 0 Å². The van der Waals surface area contributed by atoms with Crippen molar-refractivity contribution >= 4 is 6.08 Å². The first-order valence-electron chi connectivity index (χ1n) is 0.454. The van der Waals surface area contributed by atoms with Crippen LogP contribution < -0.4 is 0 Å². The number of hydrogen-bond donors (Lipinski definition) is 1. The minimum atomic E-state index is 0. The molecule has 4 heavy (non-hydrogen) atoms. The Bertz CT molecular complexity index is 29.0. The van der Waals surface area contributed by atoms with Crippen molar-refractivity contribution in [2.75, 3.05) is 0 Å². The zero-order valence-corrected chi connectivity index (χ0v) is 3.82. The summed E-state index contributed by atoms with van der Waals surface area (Å²) in [6, 6.07) is 0. The molecular formula is CHMoNO. The average Bonchev–Trinajstić information content (AvgIpc) is 0.918. The zero-order valence-electron chi connectivity index (χ0n) is 1.82. The quantitative estimate of drug-likeness (QED) is 0.284. The standard InChI is InChI=1S/CHNO.Mo/c2-1-3;/h2H;. The maximum atomic E-state index is 8.35. The summed E-state index contributed by atoms with van der Waals surface area (Å²) in [5.74, 6) is 0. The van der Waals surface area contributed by atoms with Gasteiger partial charge in [0, 0.05) is 21.1 Å². The van der Waals surface area contributed by atoms with E-state index in [-0.39, 0.29) is 21.1 Å². The van der Waals surface area contributed by atoms with E-state index in [1.807, 2.05) is 0 Å². The fourth-order valence-electron chi connectivity index (χ4n) is 0. The SMILES string of the molecule is N=C=O.[Mo]. The Balaban J connectivity index is 0. The summed E-state index contributed by atoms with van der Waals surface area (Å²) in [5, 5.41) is 5.40. The molecule has 2 nitrogen and oxygen atoms in total. The Morgan fingerprint density at radius 3 is 1.75 bits per heavy atom. The van der Waals surface area contributed by atoms with Crippen LogP contribution in [0.1, 0.15) is 0 Å². The van der Waals surface area contributed by atoms with Gasteiger partial charge in [0.05, 0.1) is 0 Å². The van der Waals surface area contributed by atoms with E-state index in [4.69, 9.17) is 10.2 Å². The van der Waals surface area contributed by atoms with Gasteiger partial charge < -0.3 is 0 Å². The van der Waals surface area contributed by atoms with E-state index >= 15 is 0 Å². The predicted molar refractivity (Wildman–Crippen MR) is 8.41 cm³/mol. The maximum absolute atomic E-state index is 8.35. The van der Waals surface area contributed by atoms with E-state index in [1.165, 1.54) is 0 Å². The molecule has 0 amide bonds. The molecule has 0 heterocycles. The van der Waals surface area contributed by atoms with Crippen molar-refractivity contribution < 1.29 is 25.9 Å². The predicted octanol–water partition coefficient (Wildman–Crippen LogP) is -0.102. The van der Waals surface area contributed by atoms with Crippen molar-refractivity contribution in [3.05, 3.63) is 0 Å². The summed E-state index contributed by atoms with van der Waals surface area (Å²) in [4.78, 5) is 8.35. The summed E-state index contributed by atoms with van der Waals surface area (Å²) < 4.78 is 0. The second kappa shape index (κ2) is 11.5. The first kappa shape index (κ1) is 8.95. The fraction of sp³-hybridized carbons (Fsp3) is 0. The van der Waals surface area contributed by atoms with Crippen LogP contribution in [0, 0.1) is 5.41 Å². The molecule has 0 aromatic heterocycles.